The van der Waals surface area contributed by atoms with Crippen molar-refractivity contribution in [3.05, 3.63) is 467 Å². The van der Waals surface area contributed by atoms with Crippen molar-refractivity contribution in [2.75, 3.05) is 0 Å². The third kappa shape index (κ3) is 12.0. The molecule has 9 heteroatoms. The summed E-state index contributed by atoms with van der Waals surface area (Å²) in [5, 5.41) is 13.6. The number of hydrogen-bond donors (Lipinski definition) is 0. The van der Waals surface area contributed by atoms with Crippen LogP contribution in [0.3, 0.4) is 0 Å². The molecule has 0 saturated heterocycles. The Kier molecular flexibility index (Phi) is 16.9. The van der Waals surface area contributed by atoms with Crippen molar-refractivity contribution >= 4 is 131 Å². The van der Waals surface area contributed by atoms with Crippen LogP contribution >= 0.6 is 0 Å². The molecule has 7 heterocycles. The van der Waals surface area contributed by atoms with E-state index in [2.05, 4.69) is 495 Å². The van der Waals surface area contributed by atoms with Crippen molar-refractivity contribution in [2.24, 2.45) is 0 Å². The largest absolute Gasteiger partial charge is 0.309 e. The second kappa shape index (κ2) is 29.9. The highest BCUT2D eigenvalue weighted by atomic mass is 15.3. The Morgan fingerprint density at radius 1 is 0.114 bits per heavy atom. The number of rotatable bonds is 14. The molecule has 614 valence electrons. The van der Waals surface area contributed by atoms with E-state index >= 15 is 0 Å². The van der Waals surface area contributed by atoms with Crippen LogP contribution in [0.25, 0.3) is 255 Å². The average Bonchev–Trinajstić information content (AvgIpc) is 1.54. The highest BCUT2D eigenvalue weighted by Gasteiger charge is 2.27. The second-order valence-corrected chi connectivity index (χ2v) is 34.6. The zero-order valence-corrected chi connectivity index (χ0v) is 71.5. The summed E-state index contributed by atoms with van der Waals surface area (Å²) in [5.41, 5.74) is 33.3. The van der Waals surface area contributed by atoms with Crippen molar-refractivity contribution < 1.29 is 0 Å². The predicted molar refractivity (Wildman–Crippen MR) is 549 cm³/mol. The lowest BCUT2D eigenvalue weighted by molar-refractivity contribution is 0.893. The molecule has 0 aliphatic rings. The van der Waals surface area contributed by atoms with Gasteiger partial charge in [-0.05, 0) is 248 Å². The molecule has 0 amide bonds. The molecule has 0 aliphatic carbocycles. The van der Waals surface area contributed by atoms with E-state index in [9.17, 15) is 0 Å². The van der Waals surface area contributed by atoms with Crippen LogP contribution in [-0.4, -0.2) is 42.4 Å². The zero-order valence-electron chi connectivity index (χ0n) is 71.5. The molecule has 0 bridgehead atoms. The van der Waals surface area contributed by atoms with Gasteiger partial charge >= 0.3 is 0 Å². The van der Waals surface area contributed by atoms with E-state index in [0.29, 0.717) is 17.7 Å². The van der Waals surface area contributed by atoms with E-state index in [0.717, 1.165) is 194 Å². The molecule has 20 aromatic carbocycles. The number of nitrogens with zero attached hydrogens (tertiary/aromatic N) is 9. The molecule has 0 fully saturated rings. The molecule has 0 N–H and O–H groups in total. The lowest BCUT2D eigenvalue weighted by Gasteiger charge is -2.15. The van der Waals surface area contributed by atoms with Crippen LogP contribution in [0.2, 0.25) is 0 Å². The van der Waals surface area contributed by atoms with Crippen molar-refractivity contribution in [2.45, 2.75) is 0 Å². The van der Waals surface area contributed by atoms with Crippen molar-refractivity contribution in [3.63, 3.8) is 0 Å². The first-order valence-corrected chi connectivity index (χ1v) is 45.1. The minimum absolute atomic E-state index is 0.456. The summed E-state index contributed by atoms with van der Waals surface area (Å²) in [7, 11) is 0. The third-order valence-corrected chi connectivity index (χ3v) is 27.2. The second-order valence-electron chi connectivity index (χ2n) is 34.6. The fraction of sp³-hybridized carbons (Fsp3) is 0. The number of benzene rings is 20. The molecule has 9 nitrogen and oxygen atoms in total. The van der Waals surface area contributed by atoms with E-state index in [-0.39, 0.29) is 0 Å². The molecule has 0 radical (unpaired) electrons. The van der Waals surface area contributed by atoms with Gasteiger partial charge in [-0.25, -0.2) is 0 Å². The summed E-state index contributed by atoms with van der Waals surface area (Å²) >= 11 is 0. The van der Waals surface area contributed by atoms with Gasteiger partial charge in [0.2, 0.25) is 11.9 Å². The maximum absolute atomic E-state index is 6.14. The van der Waals surface area contributed by atoms with Gasteiger partial charge in [0.1, 0.15) is 0 Å². The number of hydrogen-bond acceptors (Lipinski definition) is 3. The Bertz CT molecular complexity index is 8440. The van der Waals surface area contributed by atoms with Crippen molar-refractivity contribution in [1.29, 1.82) is 0 Å². The first-order valence-electron chi connectivity index (χ1n) is 45.1. The fourth-order valence-corrected chi connectivity index (χ4v) is 21.1. The van der Waals surface area contributed by atoms with Gasteiger partial charge in [0.15, 0.2) is 5.82 Å². The monoisotopic (exact) mass is 1680 g/mol. The quantitative estimate of drug-likeness (QED) is 0.109. The van der Waals surface area contributed by atoms with Gasteiger partial charge < -0.3 is 18.3 Å². The summed E-state index contributed by atoms with van der Waals surface area (Å²) in [5.74, 6) is 1.42. The van der Waals surface area contributed by atoms with E-state index in [1.54, 1.807) is 0 Å². The average molecular weight is 1680 g/mol. The summed E-state index contributed by atoms with van der Waals surface area (Å²) in [6, 6.07) is 171. The van der Waals surface area contributed by atoms with E-state index < -0.39 is 0 Å². The lowest BCUT2D eigenvalue weighted by Crippen LogP contribution is -2.10. The number of para-hydroxylation sites is 8. The molecule has 0 aliphatic heterocycles. The van der Waals surface area contributed by atoms with Gasteiger partial charge in [-0.15, -0.1) is 0 Å². The molecule has 7 aromatic heterocycles. The smallest absolute Gasteiger partial charge is 0.240 e. The van der Waals surface area contributed by atoms with Crippen molar-refractivity contribution in [1.82, 2.24) is 42.4 Å². The minimum Gasteiger partial charge on any atom is -0.309 e. The first-order chi connectivity index (χ1) is 65.4. The molecule has 0 atom stereocenters. The minimum atomic E-state index is 0.456. The summed E-state index contributed by atoms with van der Waals surface area (Å²) in [6.07, 6.45) is 0. The molecular formula is C123H77N9. The Morgan fingerprint density at radius 3 is 0.629 bits per heavy atom. The van der Waals surface area contributed by atoms with E-state index in [1.807, 2.05) is 0 Å². The van der Waals surface area contributed by atoms with Crippen LogP contribution in [-0.2, 0) is 0 Å². The van der Waals surface area contributed by atoms with Gasteiger partial charge in [0.25, 0.3) is 0 Å². The normalized spacial score (nSPS) is 11.9. The van der Waals surface area contributed by atoms with Crippen LogP contribution < -0.4 is 0 Å². The fourth-order valence-electron chi connectivity index (χ4n) is 21.1. The van der Waals surface area contributed by atoms with Gasteiger partial charge in [-0.2, -0.15) is 15.0 Å². The lowest BCUT2D eigenvalue weighted by atomic mass is 9.93. The van der Waals surface area contributed by atoms with Crippen LogP contribution in [0.15, 0.2) is 467 Å². The van der Waals surface area contributed by atoms with Gasteiger partial charge in [-0.1, -0.05) is 297 Å². The Hall–Kier alpha value is -17.8. The third-order valence-electron chi connectivity index (χ3n) is 27.2. The maximum atomic E-state index is 6.14. The van der Waals surface area contributed by atoms with Gasteiger partial charge in [0.05, 0.1) is 66.2 Å². The molecule has 27 aromatic rings. The Labute approximate surface area is 759 Å². The molecule has 27 rings (SSSR count). The topological polar surface area (TPSA) is 68.2 Å². The van der Waals surface area contributed by atoms with Crippen LogP contribution in [0.4, 0.5) is 0 Å². The summed E-state index contributed by atoms with van der Waals surface area (Å²) in [4.78, 5) is 18.2. The van der Waals surface area contributed by atoms with Crippen molar-refractivity contribution in [3.8, 4) is 124 Å². The maximum Gasteiger partial charge on any atom is 0.240 e. The molecule has 0 unspecified atom stereocenters. The molecule has 132 heavy (non-hydrogen) atoms. The summed E-state index contributed by atoms with van der Waals surface area (Å²) in [6.45, 7) is 0. The number of fused-ring (bicyclic) bond motifs is 18. The summed E-state index contributed by atoms with van der Waals surface area (Å²) < 4.78 is 14.2. The SMILES string of the molecule is c1ccc(-c2cc(-c3ccccc3)cc(-c3cccc(-c4nc(-n5c6cc(-c7ccc8c(c7)c7ccccc7n8-c7ccccc7)ccc6c6ccc(-c7ccc8c(c7)c7ccccc7n8-c7ccccc7)cc65)nc(-n5c6cc(-c7ccc8c(c7)c7ccccc7n8-c7ccccc7)ccc6c6ccc(-c7ccc8c(c7)c7ccccc7n8-c7ccccc7)cc65)n4)c3)c2)cc1. The Morgan fingerprint density at radius 2 is 0.326 bits per heavy atom. The standard InChI is InChI=1S/C123H77N9/c1-7-28-78(29-8-1)90-67-91(79-30-9-2-10-31-79)69-92(68-90)80-32-27-33-89(66-80)121-124-122(131-117-74-85(81-54-62-113-105(70-81)97-42-19-23-46-109(97)127(113)93-34-11-3-12-35-93)50-58-101(117)102-59-51-86(75-118(102)131)82-55-63-114-106(71-82)98-43-20-24-47-110(98)128(114)94-36-13-4-14-37-94)126-123(125-121)132-119-76-87(83-56-64-115-107(72-83)99-44-21-25-48-111(99)129(115)95-38-15-5-16-39-95)52-60-103(119)104-61-53-88(77-120(104)132)84-57-65-116-108(73-84)100-45-22-26-49-112(100)130(116)96-40-17-6-18-41-96/h1-77H. The zero-order chi connectivity index (χ0) is 86.6. The van der Waals surface area contributed by atoms with Crippen LogP contribution in [0.5, 0.6) is 0 Å². The van der Waals surface area contributed by atoms with Crippen LogP contribution in [0.1, 0.15) is 0 Å². The van der Waals surface area contributed by atoms with Gasteiger partial charge in [-0.3, -0.25) is 9.13 Å². The first kappa shape index (κ1) is 74.5. The number of aromatic nitrogens is 9. The highest BCUT2D eigenvalue weighted by Crippen LogP contribution is 2.47. The van der Waals surface area contributed by atoms with Crippen LogP contribution in [0, 0.1) is 0 Å². The molecule has 0 spiro atoms. The highest BCUT2D eigenvalue weighted by molar-refractivity contribution is 6.18. The molecular weight excluding hydrogens is 1600 g/mol. The molecule has 0 saturated carbocycles. The van der Waals surface area contributed by atoms with E-state index in [4.69, 9.17) is 15.0 Å². The predicted octanol–water partition coefficient (Wildman–Crippen LogP) is 31.8. The van der Waals surface area contributed by atoms with Gasteiger partial charge in [0, 0.05) is 92.9 Å². The van der Waals surface area contributed by atoms with E-state index in [1.165, 1.54) is 43.1 Å². The Balaban J connectivity index is 0.731.